The minimum absolute atomic E-state index is 0.150. The highest BCUT2D eigenvalue weighted by molar-refractivity contribution is 5.70. The van der Waals surface area contributed by atoms with E-state index in [1.54, 1.807) is 0 Å². The van der Waals surface area contributed by atoms with E-state index in [0.29, 0.717) is 23.9 Å². The Labute approximate surface area is 528 Å². The third kappa shape index (κ3) is 68.9. The fraction of sp³-hybridized carbons (Fsp3) is 0.882. The molecule has 0 saturated heterocycles. The zero-order valence-corrected chi connectivity index (χ0v) is 57.3. The average molecular weight is 1200 g/mol. The van der Waals surface area contributed by atoms with Gasteiger partial charge in [-0.2, -0.15) is 0 Å². The standard InChI is InChI=1S/C76H143NO8/c1-6-8-10-12-14-16-18-20-22-24-26-28-30-32-33-34-35-36-37-38-39-40-41-43-44-46-48-50-52-54-56-58-60-62-64-66-73(78)83-70-72(71-84-76(75(80)81)82-69-68-77(3,4)5)85-74(79)67-65-63-61-59-57-55-53-51-49-47-45-42-31-29-27-25-23-21-19-17-15-13-11-9-7-2/h19,21,24-27,72,76H,6-18,20,22-23,28-71H2,1-5H3/b21-19-,26-24-,27-25-. The third-order valence-corrected chi connectivity index (χ3v) is 16.9. The van der Waals surface area contributed by atoms with E-state index in [9.17, 15) is 19.5 Å². The molecule has 0 aliphatic rings. The number of carbonyl (C=O) groups is 3. The number of carbonyl (C=O) groups excluding carboxylic acids is 3. The highest BCUT2D eigenvalue weighted by Gasteiger charge is 2.22. The molecule has 85 heavy (non-hydrogen) atoms. The molecule has 2 atom stereocenters. The fourth-order valence-electron chi connectivity index (χ4n) is 11.2. The number of esters is 2. The highest BCUT2D eigenvalue weighted by Crippen LogP contribution is 2.19. The van der Waals surface area contributed by atoms with Gasteiger partial charge in [-0.05, 0) is 70.6 Å². The summed E-state index contributed by atoms with van der Waals surface area (Å²) in [4.78, 5) is 37.5. The SMILES string of the molecule is CCCCCCC/C=C\C/C=C\CCCCCCCCCCCCCCCC(=O)OC(COC(=O)CCCCCCCCCCCCCCCCCCCCCCCCC/C=C\CCCCCCCCCC)COC(OCC[N+](C)(C)C)C(=O)[O-]. The number of ether oxygens (including phenoxy) is 4. The van der Waals surface area contributed by atoms with E-state index >= 15 is 0 Å². The number of quaternary nitrogens is 1. The molecular formula is C76H143NO8. The van der Waals surface area contributed by atoms with Crippen LogP contribution < -0.4 is 5.11 Å². The van der Waals surface area contributed by atoms with Gasteiger partial charge < -0.3 is 33.3 Å². The number of hydrogen-bond donors (Lipinski definition) is 0. The molecule has 0 spiro atoms. The Morgan fingerprint density at radius 2 is 0.635 bits per heavy atom. The molecule has 0 aromatic carbocycles. The molecule has 2 unspecified atom stereocenters. The number of aliphatic carboxylic acids is 1. The summed E-state index contributed by atoms with van der Waals surface area (Å²) < 4.78 is 22.8. The maximum absolute atomic E-state index is 12.9. The number of hydrogen-bond acceptors (Lipinski definition) is 8. The van der Waals surface area contributed by atoms with Gasteiger partial charge in [0.15, 0.2) is 12.4 Å². The van der Waals surface area contributed by atoms with E-state index in [1.807, 2.05) is 21.1 Å². The zero-order valence-electron chi connectivity index (χ0n) is 57.3. The summed E-state index contributed by atoms with van der Waals surface area (Å²) in [7, 11) is 5.94. The van der Waals surface area contributed by atoms with E-state index in [-0.39, 0.29) is 32.2 Å². The van der Waals surface area contributed by atoms with Gasteiger partial charge in [-0.1, -0.05) is 326 Å². The lowest BCUT2D eigenvalue weighted by molar-refractivity contribution is -0.870. The van der Waals surface area contributed by atoms with Crippen LogP contribution in [0.1, 0.15) is 373 Å². The minimum atomic E-state index is -1.62. The van der Waals surface area contributed by atoms with Crippen molar-refractivity contribution in [3.8, 4) is 0 Å². The van der Waals surface area contributed by atoms with Crippen molar-refractivity contribution in [1.82, 2.24) is 0 Å². The summed E-state index contributed by atoms with van der Waals surface area (Å²) in [6, 6.07) is 0. The largest absolute Gasteiger partial charge is 0.545 e. The Balaban J connectivity index is 4.00. The van der Waals surface area contributed by atoms with Gasteiger partial charge in [0.2, 0.25) is 0 Å². The molecule has 0 heterocycles. The molecular weight excluding hydrogens is 1050 g/mol. The van der Waals surface area contributed by atoms with E-state index in [0.717, 1.165) is 38.5 Å². The Hall–Kier alpha value is -2.49. The van der Waals surface area contributed by atoms with Crippen molar-refractivity contribution in [3.63, 3.8) is 0 Å². The first-order valence-electron chi connectivity index (χ1n) is 37.1. The van der Waals surface area contributed by atoms with E-state index in [2.05, 4.69) is 50.3 Å². The van der Waals surface area contributed by atoms with Gasteiger partial charge >= 0.3 is 11.9 Å². The summed E-state index contributed by atoms with van der Waals surface area (Å²) >= 11 is 0. The third-order valence-electron chi connectivity index (χ3n) is 16.9. The first-order chi connectivity index (χ1) is 41.6. The quantitative estimate of drug-likeness (QED) is 0.0195. The summed E-state index contributed by atoms with van der Waals surface area (Å²) in [6.07, 6.45) is 82.5. The first kappa shape index (κ1) is 82.5. The van der Waals surface area contributed by atoms with Crippen LogP contribution in [0.5, 0.6) is 0 Å². The van der Waals surface area contributed by atoms with Crippen LogP contribution in [0.15, 0.2) is 36.5 Å². The van der Waals surface area contributed by atoms with Crippen molar-refractivity contribution in [3.05, 3.63) is 36.5 Å². The summed E-state index contributed by atoms with van der Waals surface area (Å²) in [5, 5.41) is 11.8. The topological polar surface area (TPSA) is 111 Å². The molecule has 0 saturated carbocycles. The molecule has 0 fully saturated rings. The van der Waals surface area contributed by atoms with Gasteiger partial charge in [-0.25, -0.2) is 0 Å². The zero-order chi connectivity index (χ0) is 61.9. The number of carboxylic acids is 1. The molecule has 9 nitrogen and oxygen atoms in total. The fourth-order valence-corrected chi connectivity index (χ4v) is 11.2. The van der Waals surface area contributed by atoms with Gasteiger partial charge in [-0.15, -0.1) is 0 Å². The molecule has 500 valence electrons. The normalized spacial score (nSPS) is 12.8. The number of nitrogens with zero attached hydrogens (tertiary/aromatic N) is 1. The van der Waals surface area contributed by atoms with Crippen LogP contribution in [0.2, 0.25) is 0 Å². The van der Waals surface area contributed by atoms with Gasteiger partial charge in [0.05, 0.1) is 40.3 Å². The molecule has 0 amide bonds. The second-order valence-corrected chi connectivity index (χ2v) is 26.6. The van der Waals surface area contributed by atoms with E-state index < -0.39 is 24.3 Å². The Morgan fingerprint density at radius 3 is 0.941 bits per heavy atom. The lowest BCUT2D eigenvalue weighted by Gasteiger charge is -2.26. The minimum Gasteiger partial charge on any atom is -0.545 e. The summed E-state index contributed by atoms with van der Waals surface area (Å²) in [6.45, 7) is 4.80. The van der Waals surface area contributed by atoms with E-state index in [1.165, 1.54) is 302 Å². The molecule has 9 heteroatoms. The number of likely N-dealkylation sites (N-methyl/N-ethyl adjacent to an activating group) is 1. The molecule has 0 aliphatic carbocycles. The second kappa shape index (κ2) is 67.4. The second-order valence-electron chi connectivity index (χ2n) is 26.6. The van der Waals surface area contributed by atoms with Crippen molar-refractivity contribution in [2.24, 2.45) is 0 Å². The number of rotatable bonds is 70. The van der Waals surface area contributed by atoms with Crippen LogP contribution in [0.4, 0.5) is 0 Å². The first-order valence-corrected chi connectivity index (χ1v) is 37.1. The molecule has 0 radical (unpaired) electrons. The molecule has 0 bridgehead atoms. The molecule has 0 aromatic heterocycles. The maximum Gasteiger partial charge on any atom is 0.306 e. The van der Waals surface area contributed by atoms with Crippen molar-refractivity contribution in [2.75, 3.05) is 47.5 Å². The average Bonchev–Trinajstić information content (AvgIpc) is 3.49. The van der Waals surface area contributed by atoms with Crippen LogP contribution in [-0.2, 0) is 33.3 Å². The monoisotopic (exact) mass is 1200 g/mol. The van der Waals surface area contributed by atoms with Gasteiger partial charge in [-0.3, -0.25) is 9.59 Å². The van der Waals surface area contributed by atoms with Crippen LogP contribution in [0.3, 0.4) is 0 Å². The van der Waals surface area contributed by atoms with Crippen LogP contribution in [0.25, 0.3) is 0 Å². The summed E-state index contributed by atoms with van der Waals surface area (Å²) in [5.74, 6) is -2.26. The van der Waals surface area contributed by atoms with Crippen molar-refractivity contribution < 1.29 is 42.9 Å². The number of allylic oxidation sites excluding steroid dienone is 6. The molecule has 0 rings (SSSR count). The van der Waals surface area contributed by atoms with Gasteiger partial charge in [0, 0.05) is 12.8 Å². The number of unbranched alkanes of at least 4 members (excludes halogenated alkanes) is 49. The molecule has 0 N–H and O–H groups in total. The lowest BCUT2D eigenvalue weighted by atomic mass is 10.0. The predicted octanol–water partition coefficient (Wildman–Crippen LogP) is 21.8. The molecule has 0 aliphatic heterocycles. The van der Waals surface area contributed by atoms with Crippen LogP contribution in [-0.4, -0.2) is 82.3 Å². The van der Waals surface area contributed by atoms with Crippen molar-refractivity contribution >= 4 is 17.9 Å². The van der Waals surface area contributed by atoms with Gasteiger partial charge in [0.1, 0.15) is 13.2 Å². The smallest absolute Gasteiger partial charge is 0.306 e. The molecule has 0 aromatic rings. The number of carboxylic acid groups (broad SMARTS) is 1. The van der Waals surface area contributed by atoms with Crippen molar-refractivity contribution in [1.29, 1.82) is 0 Å². The summed E-state index contributed by atoms with van der Waals surface area (Å²) in [5.41, 5.74) is 0. The van der Waals surface area contributed by atoms with E-state index in [4.69, 9.17) is 18.9 Å². The predicted molar refractivity (Wildman–Crippen MR) is 362 cm³/mol. The Bertz CT molecular complexity index is 1490. The Morgan fingerprint density at radius 1 is 0.353 bits per heavy atom. The Kier molecular flexibility index (Phi) is 65.5. The van der Waals surface area contributed by atoms with Crippen LogP contribution >= 0.6 is 0 Å². The van der Waals surface area contributed by atoms with Gasteiger partial charge in [0.25, 0.3) is 0 Å². The maximum atomic E-state index is 12.9. The lowest BCUT2D eigenvalue weighted by Crippen LogP contribution is -2.44. The van der Waals surface area contributed by atoms with Crippen LogP contribution in [0, 0.1) is 0 Å². The van der Waals surface area contributed by atoms with Crippen molar-refractivity contribution in [2.45, 2.75) is 386 Å². The highest BCUT2D eigenvalue weighted by atomic mass is 16.7.